The lowest BCUT2D eigenvalue weighted by Crippen LogP contribution is -1.27. The summed E-state index contributed by atoms with van der Waals surface area (Å²) >= 11 is 0. The van der Waals surface area contributed by atoms with Gasteiger partial charge in [0.25, 0.3) is 0 Å². The molecule has 0 aliphatic carbocycles. The van der Waals surface area contributed by atoms with Gasteiger partial charge < -0.3 is 0 Å². The van der Waals surface area contributed by atoms with Crippen LogP contribution in [0.15, 0.2) is 0 Å². The van der Waals surface area contributed by atoms with Crippen LogP contribution in [0.1, 0.15) is 20.3 Å². The summed E-state index contributed by atoms with van der Waals surface area (Å²) in [4.78, 5) is 0. The Morgan fingerprint density at radius 2 is 0.625 bits per heavy atom. The van der Waals surface area contributed by atoms with Crippen LogP contribution in [0, 0.1) is 0 Å². The summed E-state index contributed by atoms with van der Waals surface area (Å²) in [5.74, 6) is 0. The molecule has 0 unspecified atom stereocenters. The molecular weight excluding hydrogens is 213 g/mol. The summed E-state index contributed by atoms with van der Waals surface area (Å²) in [5.41, 5.74) is 0. The monoisotopic (exact) mass is 224 g/mol. The third kappa shape index (κ3) is 147. The fourth-order valence-corrected chi connectivity index (χ4v) is 0. The van der Waals surface area contributed by atoms with Crippen molar-refractivity contribution in [2.45, 2.75) is 20.3 Å². The van der Waals surface area contributed by atoms with Crippen molar-refractivity contribution in [1.82, 2.24) is 0 Å². The van der Waals surface area contributed by atoms with E-state index in [9.17, 15) is 0 Å². The Hall–Kier alpha value is 1.45. The molecule has 5 heteroatoms. The molecule has 0 aromatic heterocycles. The SMILES string of the molecule is CCC.Cl.Cl.Cl.Cl.Cl. The molecule has 8 heavy (non-hydrogen) atoms. The maximum Gasteiger partial charge on any atom is -0.0590 e. The summed E-state index contributed by atoms with van der Waals surface area (Å²) in [6.07, 6.45) is 1.25. The second kappa shape index (κ2) is 78.1. The first-order valence-corrected chi connectivity index (χ1v) is 1.41. The van der Waals surface area contributed by atoms with Crippen LogP contribution in [-0.4, -0.2) is 0 Å². The van der Waals surface area contributed by atoms with Gasteiger partial charge >= 0.3 is 0 Å². The Kier molecular flexibility index (Phi) is 554. The average molecular weight is 226 g/mol. The first-order valence-electron chi connectivity index (χ1n) is 1.41. The van der Waals surface area contributed by atoms with Gasteiger partial charge in [-0.3, -0.25) is 0 Å². The molecule has 0 aliphatic rings. The fraction of sp³-hybridized carbons (Fsp3) is 1.00. The quantitative estimate of drug-likeness (QED) is 0.593. The van der Waals surface area contributed by atoms with Crippen LogP contribution >= 0.6 is 62.0 Å². The van der Waals surface area contributed by atoms with Crippen molar-refractivity contribution in [3.63, 3.8) is 0 Å². The second-order valence-corrected chi connectivity index (χ2v) is 0.707. The van der Waals surface area contributed by atoms with Crippen LogP contribution in [0.4, 0.5) is 0 Å². The van der Waals surface area contributed by atoms with Gasteiger partial charge in [-0.05, 0) is 0 Å². The van der Waals surface area contributed by atoms with E-state index < -0.39 is 0 Å². The topological polar surface area (TPSA) is 0 Å². The highest BCUT2D eigenvalue weighted by molar-refractivity contribution is 5.86. The van der Waals surface area contributed by atoms with Crippen molar-refractivity contribution in [2.75, 3.05) is 0 Å². The lowest BCUT2D eigenvalue weighted by Gasteiger charge is -1.48. The molecule has 0 nitrogen and oxygen atoms in total. The molecule has 0 rings (SSSR count). The molecule has 0 heterocycles. The summed E-state index contributed by atoms with van der Waals surface area (Å²) in [6.45, 7) is 4.25. The van der Waals surface area contributed by atoms with Crippen LogP contribution in [0.3, 0.4) is 0 Å². The highest BCUT2D eigenvalue weighted by atomic mass is 35.5. The molecule has 0 N–H and O–H groups in total. The summed E-state index contributed by atoms with van der Waals surface area (Å²) in [6, 6.07) is 0. The van der Waals surface area contributed by atoms with E-state index in [1.54, 1.807) is 0 Å². The van der Waals surface area contributed by atoms with Gasteiger partial charge in [-0.1, -0.05) is 20.3 Å². The van der Waals surface area contributed by atoms with E-state index in [1.807, 2.05) is 0 Å². The lowest BCUT2D eigenvalue weighted by atomic mass is 10.6. The van der Waals surface area contributed by atoms with Crippen LogP contribution in [0.5, 0.6) is 0 Å². The van der Waals surface area contributed by atoms with Crippen molar-refractivity contribution in [1.29, 1.82) is 0 Å². The standard InChI is InChI=1S/C3H8.5ClH/c1-3-2;;;;;/h3H2,1-2H3;5*1H. The molecule has 0 amide bonds. The molecule has 0 fully saturated rings. The van der Waals surface area contributed by atoms with Crippen molar-refractivity contribution >= 4 is 62.0 Å². The van der Waals surface area contributed by atoms with E-state index in [1.165, 1.54) is 6.42 Å². The van der Waals surface area contributed by atoms with Crippen LogP contribution in [-0.2, 0) is 0 Å². The zero-order valence-corrected chi connectivity index (χ0v) is 8.83. The highest BCUT2D eigenvalue weighted by Crippen LogP contribution is 1.56. The normalized spacial score (nSPS) is 2.25. The van der Waals surface area contributed by atoms with E-state index in [2.05, 4.69) is 13.8 Å². The predicted octanol–water partition coefficient (Wildman–Crippen LogP) is 3.53. The number of halogens is 5. The predicted molar refractivity (Wildman–Crippen MR) is 52.2 cm³/mol. The van der Waals surface area contributed by atoms with Crippen molar-refractivity contribution < 1.29 is 0 Å². The van der Waals surface area contributed by atoms with E-state index in [4.69, 9.17) is 0 Å². The minimum absolute atomic E-state index is 0. The molecule has 0 aliphatic heterocycles. The smallest absolute Gasteiger partial charge is 0.0590 e. The Morgan fingerprint density at radius 3 is 0.625 bits per heavy atom. The minimum atomic E-state index is 0. The van der Waals surface area contributed by atoms with Crippen molar-refractivity contribution in [3.8, 4) is 0 Å². The van der Waals surface area contributed by atoms with E-state index in [0.717, 1.165) is 0 Å². The van der Waals surface area contributed by atoms with E-state index in [-0.39, 0.29) is 62.0 Å². The van der Waals surface area contributed by atoms with Crippen LogP contribution in [0.25, 0.3) is 0 Å². The number of hydrogen-bond acceptors (Lipinski definition) is 0. The highest BCUT2D eigenvalue weighted by Gasteiger charge is 1.35. The van der Waals surface area contributed by atoms with Crippen LogP contribution < -0.4 is 0 Å². The molecule has 0 saturated heterocycles. The van der Waals surface area contributed by atoms with Gasteiger partial charge in [0, 0.05) is 0 Å². The lowest BCUT2D eigenvalue weighted by molar-refractivity contribution is 1.09. The summed E-state index contributed by atoms with van der Waals surface area (Å²) < 4.78 is 0. The zero-order chi connectivity index (χ0) is 2.71. The van der Waals surface area contributed by atoms with Gasteiger partial charge in [-0.15, -0.1) is 62.0 Å². The van der Waals surface area contributed by atoms with Gasteiger partial charge in [0.15, 0.2) is 0 Å². The van der Waals surface area contributed by atoms with E-state index in [0.29, 0.717) is 0 Å². The van der Waals surface area contributed by atoms with Crippen molar-refractivity contribution in [3.05, 3.63) is 0 Å². The molecule has 60 valence electrons. The molecule has 0 spiro atoms. The van der Waals surface area contributed by atoms with E-state index >= 15 is 0 Å². The second-order valence-electron chi connectivity index (χ2n) is 0.707. The van der Waals surface area contributed by atoms with Gasteiger partial charge in [0.2, 0.25) is 0 Å². The number of hydrogen-bond donors (Lipinski definition) is 0. The molecule has 0 aromatic rings. The Labute approximate surface area is 82.2 Å². The first kappa shape index (κ1) is 56.7. The molecular formula is C3H13Cl5. The molecule has 0 bridgehead atoms. The third-order valence-electron chi connectivity index (χ3n) is 0. The van der Waals surface area contributed by atoms with Crippen molar-refractivity contribution in [2.24, 2.45) is 0 Å². The van der Waals surface area contributed by atoms with Gasteiger partial charge in [-0.25, -0.2) is 0 Å². The summed E-state index contributed by atoms with van der Waals surface area (Å²) in [5, 5.41) is 0. The Bertz CT molecular complexity index is 7.64. The maximum absolute atomic E-state index is 2.12. The largest absolute Gasteiger partial charge is 0.147 e. The minimum Gasteiger partial charge on any atom is -0.147 e. The molecule has 0 radical (unpaired) electrons. The van der Waals surface area contributed by atoms with Gasteiger partial charge in [0.05, 0.1) is 0 Å². The maximum atomic E-state index is 2.12. The molecule has 0 saturated carbocycles. The van der Waals surface area contributed by atoms with Gasteiger partial charge in [0.1, 0.15) is 0 Å². The fourth-order valence-electron chi connectivity index (χ4n) is 0. The zero-order valence-electron chi connectivity index (χ0n) is 4.75. The third-order valence-corrected chi connectivity index (χ3v) is 0. The molecule has 0 aromatic carbocycles. The number of rotatable bonds is 0. The average Bonchev–Trinajstić information content (AvgIpc) is 0.918. The van der Waals surface area contributed by atoms with Crippen LogP contribution in [0.2, 0.25) is 0 Å². The van der Waals surface area contributed by atoms with Gasteiger partial charge in [-0.2, -0.15) is 0 Å². The Morgan fingerprint density at radius 1 is 0.625 bits per heavy atom. The molecule has 0 atom stereocenters. The summed E-state index contributed by atoms with van der Waals surface area (Å²) in [7, 11) is 0. The Balaban J connectivity index is -0.00000000200. The first-order chi connectivity index (χ1) is 1.41.